The van der Waals surface area contributed by atoms with Crippen LogP contribution in [0.2, 0.25) is 0 Å². The van der Waals surface area contributed by atoms with E-state index < -0.39 is 0 Å². The van der Waals surface area contributed by atoms with E-state index in [1.165, 1.54) is 11.3 Å². The Bertz CT molecular complexity index is 1350. The van der Waals surface area contributed by atoms with Gasteiger partial charge in [0.15, 0.2) is 0 Å². The van der Waals surface area contributed by atoms with Crippen molar-refractivity contribution in [2.45, 2.75) is 19.7 Å². The van der Waals surface area contributed by atoms with E-state index in [4.69, 9.17) is 28.7 Å². The summed E-state index contributed by atoms with van der Waals surface area (Å²) in [6.07, 6.45) is 1.78. The van der Waals surface area contributed by atoms with Gasteiger partial charge in [0.25, 0.3) is 0 Å². The molecule has 0 unspecified atom stereocenters. The molecule has 0 saturated carbocycles. The molecule has 43 heavy (non-hydrogen) atoms. The third kappa shape index (κ3) is 9.71. The first-order chi connectivity index (χ1) is 21.3. The van der Waals surface area contributed by atoms with Gasteiger partial charge >= 0.3 is 0 Å². The minimum absolute atomic E-state index is 0.447. The van der Waals surface area contributed by atoms with Crippen LogP contribution in [-0.4, -0.2) is 64.8 Å². The highest BCUT2D eigenvalue weighted by atomic mass is 16.5. The number of morpholine rings is 1. The molecule has 0 bridgehead atoms. The summed E-state index contributed by atoms with van der Waals surface area (Å²) < 4.78 is 28.2. The summed E-state index contributed by atoms with van der Waals surface area (Å²) in [5.41, 5.74) is 4.75. The number of anilines is 2. The average Bonchev–Trinajstić information content (AvgIpc) is 3.07. The van der Waals surface area contributed by atoms with Crippen LogP contribution in [0.25, 0.3) is 0 Å². The van der Waals surface area contributed by atoms with E-state index in [-0.39, 0.29) is 0 Å². The van der Waals surface area contributed by atoms with Crippen LogP contribution >= 0.6 is 0 Å². The Morgan fingerprint density at radius 2 is 1.47 bits per heavy atom. The van der Waals surface area contributed by atoms with Crippen molar-refractivity contribution in [1.29, 1.82) is 0 Å². The normalized spacial score (nSPS) is 13.1. The van der Waals surface area contributed by atoms with Crippen LogP contribution in [0.1, 0.15) is 16.7 Å². The van der Waals surface area contributed by atoms with E-state index in [1.54, 1.807) is 13.3 Å². The molecule has 0 radical (unpaired) electrons. The molecule has 8 nitrogen and oxygen atoms in total. The minimum atomic E-state index is 0.447. The number of nitrogens with zero attached hydrogens (tertiary/aromatic N) is 3. The SMILES string of the molecule is COc1cccc(CN(Cc2ccc(N3CCOCC3)cc2)c2ccc(OCCOCCOCc3ccccc3)cn2)c1. The van der Waals surface area contributed by atoms with E-state index in [9.17, 15) is 0 Å². The maximum atomic E-state index is 5.88. The van der Waals surface area contributed by atoms with Crippen molar-refractivity contribution in [3.63, 3.8) is 0 Å². The molecule has 4 aromatic rings. The number of methoxy groups -OCH3 is 1. The second-order valence-electron chi connectivity index (χ2n) is 10.3. The van der Waals surface area contributed by atoms with Crippen molar-refractivity contribution in [1.82, 2.24) is 4.98 Å². The first-order valence-electron chi connectivity index (χ1n) is 14.8. The molecule has 1 fully saturated rings. The molecule has 1 saturated heterocycles. The summed E-state index contributed by atoms with van der Waals surface area (Å²) in [5.74, 6) is 2.43. The molecular weight excluding hydrogens is 542 g/mol. The highest BCUT2D eigenvalue weighted by molar-refractivity contribution is 5.49. The lowest BCUT2D eigenvalue weighted by Crippen LogP contribution is -2.36. The van der Waals surface area contributed by atoms with Crippen LogP contribution in [0.4, 0.5) is 11.5 Å². The van der Waals surface area contributed by atoms with Crippen LogP contribution in [0, 0.1) is 0 Å². The molecule has 2 heterocycles. The molecule has 1 aromatic heterocycles. The third-order valence-electron chi connectivity index (χ3n) is 7.22. The summed E-state index contributed by atoms with van der Waals surface area (Å²) in [6, 6.07) is 31.1. The molecule has 0 atom stereocenters. The van der Waals surface area contributed by atoms with Gasteiger partial charge in [-0.25, -0.2) is 4.98 Å². The van der Waals surface area contributed by atoms with Crippen molar-refractivity contribution in [2.75, 3.05) is 69.6 Å². The molecule has 0 spiro atoms. The van der Waals surface area contributed by atoms with E-state index in [0.29, 0.717) is 51.9 Å². The van der Waals surface area contributed by atoms with Crippen molar-refractivity contribution >= 4 is 11.5 Å². The van der Waals surface area contributed by atoms with Gasteiger partial charge in [-0.15, -0.1) is 0 Å². The van der Waals surface area contributed by atoms with E-state index >= 15 is 0 Å². The van der Waals surface area contributed by atoms with Crippen molar-refractivity contribution < 1.29 is 23.7 Å². The van der Waals surface area contributed by atoms with E-state index in [1.807, 2.05) is 42.5 Å². The maximum Gasteiger partial charge on any atom is 0.137 e. The zero-order valence-corrected chi connectivity index (χ0v) is 24.9. The number of aromatic nitrogens is 1. The van der Waals surface area contributed by atoms with Crippen molar-refractivity contribution in [3.8, 4) is 11.5 Å². The number of rotatable bonds is 16. The Balaban J connectivity index is 1.13. The number of benzene rings is 3. The van der Waals surface area contributed by atoms with Crippen LogP contribution in [0.5, 0.6) is 11.5 Å². The molecule has 3 aromatic carbocycles. The van der Waals surface area contributed by atoms with Gasteiger partial charge in [-0.1, -0.05) is 54.6 Å². The lowest BCUT2D eigenvalue weighted by atomic mass is 10.1. The Morgan fingerprint density at radius 3 is 2.23 bits per heavy atom. The fraction of sp³-hybridized carbons (Fsp3) is 0.343. The molecular formula is C35H41N3O5. The predicted octanol–water partition coefficient (Wildman–Crippen LogP) is 5.75. The quantitative estimate of drug-likeness (QED) is 0.155. The van der Waals surface area contributed by atoms with Gasteiger partial charge in [0.05, 0.1) is 52.9 Å². The van der Waals surface area contributed by atoms with Crippen molar-refractivity contribution in [2.24, 2.45) is 0 Å². The monoisotopic (exact) mass is 583 g/mol. The van der Waals surface area contributed by atoms with Gasteiger partial charge in [-0.2, -0.15) is 0 Å². The van der Waals surface area contributed by atoms with E-state index in [0.717, 1.165) is 49.0 Å². The predicted molar refractivity (Wildman–Crippen MR) is 169 cm³/mol. The molecule has 1 aliphatic rings. The average molecular weight is 584 g/mol. The maximum absolute atomic E-state index is 5.88. The highest BCUT2D eigenvalue weighted by Gasteiger charge is 2.14. The zero-order valence-electron chi connectivity index (χ0n) is 24.9. The smallest absolute Gasteiger partial charge is 0.137 e. The molecule has 0 aliphatic carbocycles. The van der Waals surface area contributed by atoms with Crippen LogP contribution in [-0.2, 0) is 33.9 Å². The standard InChI is InChI=1S/C35H41N3O5/c1-39-33-9-5-8-31(24-33)27-38(26-29-10-12-32(13-11-29)37-16-18-40-19-17-37)35-15-14-34(25-36-35)43-23-22-41-20-21-42-28-30-6-3-2-4-7-30/h2-15,24-25H,16-23,26-28H2,1H3. The lowest BCUT2D eigenvalue weighted by Gasteiger charge is -2.29. The van der Waals surface area contributed by atoms with Gasteiger partial charge in [0.1, 0.15) is 23.9 Å². The fourth-order valence-corrected chi connectivity index (χ4v) is 4.91. The van der Waals surface area contributed by atoms with Crippen LogP contribution in [0.3, 0.4) is 0 Å². The first-order valence-corrected chi connectivity index (χ1v) is 14.8. The summed E-state index contributed by atoms with van der Waals surface area (Å²) in [5, 5.41) is 0. The summed E-state index contributed by atoms with van der Waals surface area (Å²) in [7, 11) is 1.69. The summed E-state index contributed by atoms with van der Waals surface area (Å²) in [6.45, 7) is 7.41. The van der Waals surface area contributed by atoms with E-state index in [2.05, 4.69) is 58.3 Å². The van der Waals surface area contributed by atoms with Gasteiger partial charge in [-0.05, 0) is 53.1 Å². The number of ether oxygens (including phenoxy) is 5. The molecule has 0 amide bonds. The number of hydrogen-bond acceptors (Lipinski definition) is 8. The number of pyridine rings is 1. The molecule has 1 aliphatic heterocycles. The Labute approximate surface area is 254 Å². The Morgan fingerprint density at radius 1 is 0.721 bits per heavy atom. The number of hydrogen-bond donors (Lipinski definition) is 0. The van der Waals surface area contributed by atoms with Gasteiger partial charge < -0.3 is 33.5 Å². The zero-order chi connectivity index (χ0) is 29.5. The topological polar surface area (TPSA) is 65.5 Å². The highest BCUT2D eigenvalue weighted by Crippen LogP contribution is 2.24. The second kappa shape index (κ2) is 16.5. The summed E-state index contributed by atoms with van der Waals surface area (Å²) in [4.78, 5) is 9.39. The van der Waals surface area contributed by atoms with Crippen LogP contribution < -0.4 is 19.3 Å². The Kier molecular flexibility index (Phi) is 11.7. The lowest BCUT2D eigenvalue weighted by molar-refractivity contribution is 0.0303. The van der Waals surface area contributed by atoms with Gasteiger partial charge in [-0.3, -0.25) is 0 Å². The second-order valence-corrected chi connectivity index (χ2v) is 10.3. The fourth-order valence-electron chi connectivity index (χ4n) is 4.91. The minimum Gasteiger partial charge on any atom is -0.497 e. The Hall–Kier alpha value is -4.11. The van der Waals surface area contributed by atoms with Gasteiger partial charge in [0, 0.05) is 31.9 Å². The summed E-state index contributed by atoms with van der Waals surface area (Å²) >= 11 is 0. The molecule has 0 N–H and O–H groups in total. The molecule has 5 rings (SSSR count). The first kappa shape index (κ1) is 30.4. The van der Waals surface area contributed by atoms with Crippen molar-refractivity contribution in [3.05, 3.63) is 114 Å². The largest absolute Gasteiger partial charge is 0.497 e. The molecule has 8 heteroatoms. The third-order valence-corrected chi connectivity index (χ3v) is 7.22. The van der Waals surface area contributed by atoms with Crippen LogP contribution in [0.15, 0.2) is 97.2 Å². The molecule has 226 valence electrons. The van der Waals surface area contributed by atoms with Gasteiger partial charge in [0.2, 0.25) is 0 Å².